The monoisotopic (exact) mass is 249 g/mol. The summed E-state index contributed by atoms with van der Waals surface area (Å²) in [6.45, 7) is 7.34. The Hall–Kier alpha value is -1.35. The van der Waals surface area contributed by atoms with Crippen molar-refractivity contribution in [2.24, 2.45) is 0 Å². The zero-order chi connectivity index (χ0) is 13.4. The number of rotatable bonds is 7. The first-order valence-electron chi connectivity index (χ1n) is 6.63. The van der Waals surface area contributed by atoms with Crippen molar-refractivity contribution in [3.8, 4) is 0 Å². The number of aryl methyl sites for hydroxylation is 1. The summed E-state index contributed by atoms with van der Waals surface area (Å²) in [6, 6.07) is 8.57. The first-order valence-corrected chi connectivity index (χ1v) is 6.63. The molecule has 0 saturated heterocycles. The SMILES string of the molecule is CCC(=O)OC(C)CNCc1ccc(CC)cc1. The zero-order valence-corrected chi connectivity index (χ0v) is 11.5. The highest BCUT2D eigenvalue weighted by molar-refractivity contribution is 5.69. The van der Waals surface area contributed by atoms with Gasteiger partial charge in [-0.05, 0) is 24.5 Å². The molecule has 0 fully saturated rings. The summed E-state index contributed by atoms with van der Waals surface area (Å²) in [4.78, 5) is 11.1. The van der Waals surface area contributed by atoms with Crippen molar-refractivity contribution in [1.82, 2.24) is 5.32 Å². The average Bonchev–Trinajstić information content (AvgIpc) is 2.39. The Labute approximate surface area is 110 Å². The Balaban J connectivity index is 2.26. The van der Waals surface area contributed by atoms with Crippen LogP contribution in [0.25, 0.3) is 0 Å². The van der Waals surface area contributed by atoms with E-state index in [1.807, 2.05) is 6.92 Å². The van der Waals surface area contributed by atoms with E-state index < -0.39 is 0 Å². The van der Waals surface area contributed by atoms with E-state index >= 15 is 0 Å². The molecule has 0 aliphatic heterocycles. The van der Waals surface area contributed by atoms with Crippen molar-refractivity contribution >= 4 is 5.97 Å². The lowest BCUT2D eigenvalue weighted by Crippen LogP contribution is -2.28. The summed E-state index contributed by atoms with van der Waals surface area (Å²) in [5.74, 6) is -0.142. The van der Waals surface area contributed by atoms with Gasteiger partial charge in [0.15, 0.2) is 0 Å². The average molecular weight is 249 g/mol. The summed E-state index contributed by atoms with van der Waals surface area (Å²) in [7, 11) is 0. The molecular weight excluding hydrogens is 226 g/mol. The van der Waals surface area contributed by atoms with Crippen LogP contribution in [0.2, 0.25) is 0 Å². The molecule has 1 N–H and O–H groups in total. The number of benzene rings is 1. The fourth-order valence-corrected chi connectivity index (χ4v) is 1.66. The first kappa shape index (κ1) is 14.7. The molecule has 1 rings (SSSR count). The van der Waals surface area contributed by atoms with Gasteiger partial charge in [-0.3, -0.25) is 4.79 Å². The zero-order valence-electron chi connectivity index (χ0n) is 11.5. The second-order valence-corrected chi connectivity index (χ2v) is 4.45. The van der Waals surface area contributed by atoms with Crippen molar-refractivity contribution in [2.75, 3.05) is 6.54 Å². The van der Waals surface area contributed by atoms with Gasteiger partial charge >= 0.3 is 5.97 Å². The van der Waals surface area contributed by atoms with Gasteiger partial charge < -0.3 is 10.1 Å². The third kappa shape index (κ3) is 5.32. The summed E-state index contributed by atoms with van der Waals surface area (Å²) < 4.78 is 5.17. The molecule has 1 atom stereocenters. The molecule has 3 heteroatoms. The number of hydrogen-bond acceptors (Lipinski definition) is 3. The molecule has 18 heavy (non-hydrogen) atoms. The quantitative estimate of drug-likeness (QED) is 0.755. The van der Waals surface area contributed by atoms with Crippen molar-refractivity contribution in [1.29, 1.82) is 0 Å². The van der Waals surface area contributed by atoms with Crippen LogP contribution in [0.3, 0.4) is 0 Å². The number of ether oxygens (including phenoxy) is 1. The van der Waals surface area contributed by atoms with Crippen molar-refractivity contribution in [3.63, 3.8) is 0 Å². The Morgan fingerprint density at radius 1 is 1.22 bits per heavy atom. The topological polar surface area (TPSA) is 38.3 Å². The van der Waals surface area contributed by atoms with E-state index in [2.05, 4.69) is 36.5 Å². The lowest BCUT2D eigenvalue weighted by atomic mass is 10.1. The summed E-state index contributed by atoms with van der Waals surface area (Å²) in [5.41, 5.74) is 2.60. The highest BCUT2D eigenvalue weighted by Crippen LogP contribution is 2.04. The maximum absolute atomic E-state index is 11.1. The maximum atomic E-state index is 11.1. The van der Waals surface area contributed by atoms with Crippen LogP contribution < -0.4 is 5.32 Å². The van der Waals surface area contributed by atoms with Gasteiger partial charge in [-0.15, -0.1) is 0 Å². The van der Waals surface area contributed by atoms with Gasteiger partial charge in [0.25, 0.3) is 0 Å². The Morgan fingerprint density at radius 3 is 2.39 bits per heavy atom. The number of esters is 1. The van der Waals surface area contributed by atoms with Crippen molar-refractivity contribution < 1.29 is 9.53 Å². The van der Waals surface area contributed by atoms with E-state index in [0.717, 1.165) is 13.0 Å². The molecule has 0 aromatic heterocycles. The highest BCUT2D eigenvalue weighted by Gasteiger charge is 2.06. The van der Waals surface area contributed by atoms with Crippen LogP contribution in [-0.2, 0) is 22.5 Å². The second-order valence-electron chi connectivity index (χ2n) is 4.45. The largest absolute Gasteiger partial charge is 0.461 e. The van der Waals surface area contributed by atoms with Gasteiger partial charge in [0.1, 0.15) is 6.10 Å². The molecule has 0 amide bonds. The second kappa shape index (κ2) is 7.88. The van der Waals surface area contributed by atoms with Gasteiger partial charge in [-0.1, -0.05) is 38.1 Å². The first-order chi connectivity index (χ1) is 8.65. The summed E-state index contributed by atoms with van der Waals surface area (Å²) >= 11 is 0. The maximum Gasteiger partial charge on any atom is 0.305 e. The van der Waals surface area contributed by atoms with E-state index in [0.29, 0.717) is 13.0 Å². The Morgan fingerprint density at radius 2 is 1.83 bits per heavy atom. The van der Waals surface area contributed by atoms with Gasteiger partial charge in [0.2, 0.25) is 0 Å². The van der Waals surface area contributed by atoms with E-state index in [-0.39, 0.29) is 12.1 Å². The summed E-state index contributed by atoms with van der Waals surface area (Å²) in [5, 5.41) is 3.29. The highest BCUT2D eigenvalue weighted by atomic mass is 16.5. The van der Waals surface area contributed by atoms with Crippen LogP contribution in [-0.4, -0.2) is 18.6 Å². The van der Waals surface area contributed by atoms with Crippen molar-refractivity contribution in [3.05, 3.63) is 35.4 Å². The molecule has 0 aliphatic carbocycles. The molecule has 1 aromatic rings. The lowest BCUT2D eigenvalue weighted by molar-refractivity contribution is -0.147. The van der Waals surface area contributed by atoms with Crippen molar-refractivity contribution in [2.45, 2.75) is 46.3 Å². The van der Waals surface area contributed by atoms with E-state index in [9.17, 15) is 4.79 Å². The molecule has 0 radical (unpaired) electrons. The molecule has 1 aromatic carbocycles. The van der Waals surface area contributed by atoms with Gasteiger partial charge in [0.05, 0.1) is 0 Å². The number of carbonyl (C=O) groups excluding carboxylic acids is 1. The van der Waals surface area contributed by atoms with E-state index in [4.69, 9.17) is 4.74 Å². The smallest absolute Gasteiger partial charge is 0.305 e. The minimum absolute atomic E-state index is 0.0765. The number of nitrogens with one attached hydrogen (secondary N) is 1. The number of hydrogen-bond donors (Lipinski definition) is 1. The molecular formula is C15H23NO2. The fraction of sp³-hybridized carbons (Fsp3) is 0.533. The van der Waals surface area contributed by atoms with Crippen LogP contribution in [0.1, 0.15) is 38.3 Å². The molecule has 0 bridgehead atoms. The Kier molecular flexibility index (Phi) is 6.44. The van der Waals surface area contributed by atoms with Crippen LogP contribution >= 0.6 is 0 Å². The predicted octanol–water partition coefficient (Wildman–Crippen LogP) is 2.68. The van der Waals surface area contributed by atoms with Gasteiger partial charge in [0, 0.05) is 19.5 Å². The lowest BCUT2D eigenvalue weighted by Gasteiger charge is -2.13. The molecule has 3 nitrogen and oxygen atoms in total. The third-order valence-electron chi connectivity index (χ3n) is 2.81. The molecule has 0 heterocycles. The third-order valence-corrected chi connectivity index (χ3v) is 2.81. The number of carbonyl (C=O) groups is 1. The minimum atomic E-state index is -0.142. The standard InChI is InChI=1S/C15H23NO2/c1-4-13-6-8-14(9-7-13)11-16-10-12(3)18-15(17)5-2/h6-9,12,16H,4-5,10-11H2,1-3H3. The van der Waals surface area contributed by atoms with Crippen LogP contribution in [0, 0.1) is 0 Å². The molecule has 100 valence electrons. The van der Waals surface area contributed by atoms with Gasteiger partial charge in [-0.2, -0.15) is 0 Å². The van der Waals surface area contributed by atoms with Crippen LogP contribution in [0.5, 0.6) is 0 Å². The molecule has 0 saturated carbocycles. The van der Waals surface area contributed by atoms with E-state index in [1.165, 1.54) is 11.1 Å². The normalized spacial score (nSPS) is 12.2. The predicted molar refractivity (Wildman–Crippen MR) is 73.4 cm³/mol. The molecule has 1 unspecified atom stereocenters. The minimum Gasteiger partial charge on any atom is -0.461 e. The van der Waals surface area contributed by atoms with Crippen LogP contribution in [0.15, 0.2) is 24.3 Å². The van der Waals surface area contributed by atoms with Crippen LogP contribution in [0.4, 0.5) is 0 Å². The fourth-order valence-electron chi connectivity index (χ4n) is 1.66. The molecule has 0 aliphatic rings. The summed E-state index contributed by atoms with van der Waals surface area (Å²) in [6.07, 6.45) is 1.42. The Bertz CT molecular complexity index is 359. The van der Waals surface area contributed by atoms with E-state index in [1.54, 1.807) is 6.92 Å². The molecule has 0 spiro atoms. The van der Waals surface area contributed by atoms with Gasteiger partial charge in [-0.25, -0.2) is 0 Å².